The van der Waals surface area contributed by atoms with Crippen LogP contribution < -0.4 is 0 Å². The van der Waals surface area contributed by atoms with Gasteiger partial charge in [-0.2, -0.15) is 0 Å². The lowest BCUT2D eigenvalue weighted by molar-refractivity contribution is -0.167. The number of unbranched alkanes of at least 4 members (excludes halogenated alkanes) is 17. The molecule has 0 aliphatic carbocycles. The summed E-state index contributed by atoms with van der Waals surface area (Å²) in [7, 11) is 0. The molecule has 0 aliphatic heterocycles. The third-order valence-corrected chi connectivity index (χ3v) is 9.85. The Balaban J connectivity index is 4.44. The van der Waals surface area contributed by atoms with Crippen molar-refractivity contribution in [3.05, 3.63) is 85.1 Å². The summed E-state index contributed by atoms with van der Waals surface area (Å²) < 4.78 is 16.6. The zero-order valence-electron chi connectivity index (χ0n) is 38.2. The van der Waals surface area contributed by atoms with Crippen LogP contribution >= 0.6 is 0 Å². The van der Waals surface area contributed by atoms with Crippen molar-refractivity contribution in [3.63, 3.8) is 0 Å². The van der Waals surface area contributed by atoms with Crippen molar-refractivity contribution in [1.29, 1.82) is 0 Å². The van der Waals surface area contributed by atoms with Crippen LogP contribution in [0.4, 0.5) is 0 Å². The van der Waals surface area contributed by atoms with Gasteiger partial charge in [-0.1, -0.05) is 170 Å². The summed E-state index contributed by atoms with van der Waals surface area (Å²) in [5.74, 6) is -0.996. The summed E-state index contributed by atoms with van der Waals surface area (Å²) in [6, 6.07) is 0. The minimum absolute atomic E-state index is 0.109. The van der Waals surface area contributed by atoms with Crippen LogP contribution in [0, 0.1) is 0 Å². The van der Waals surface area contributed by atoms with Crippen molar-refractivity contribution in [2.24, 2.45) is 0 Å². The zero-order chi connectivity index (χ0) is 43.0. The smallest absolute Gasteiger partial charge is 0.306 e. The molecule has 0 heterocycles. The van der Waals surface area contributed by atoms with E-state index in [9.17, 15) is 14.4 Å². The van der Waals surface area contributed by atoms with E-state index in [0.717, 1.165) is 103 Å². The number of allylic oxidation sites excluding steroid dienone is 14. The lowest BCUT2D eigenvalue weighted by Crippen LogP contribution is -2.30. The number of carbonyl (C=O) groups is 3. The maximum Gasteiger partial charge on any atom is 0.306 e. The van der Waals surface area contributed by atoms with Crippen molar-refractivity contribution >= 4 is 17.9 Å². The number of hydrogen-bond donors (Lipinski definition) is 0. The first kappa shape index (κ1) is 55.6. The Labute approximate surface area is 363 Å². The second-order valence-electron chi connectivity index (χ2n) is 15.6. The molecular weight excluding hydrogens is 733 g/mol. The SMILES string of the molecule is CC/C=C\C/C=C\C/C=C\C/C=C\C/C=C\CCCCCC(=O)OCC(COC(=O)CCC/C=C\CCCCCC)OC(=O)CCCCC/C=C\CCCCCCCC. The monoisotopic (exact) mass is 821 g/mol. The molecule has 0 rings (SSSR count). The van der Waals surface area contributed by atoms with Gasteiger partial charge in [0.2, 0.25) is 0 Å². The van der Waals surface area contributed by atoms with Crippen LogP contribution in [0.25, 0.3) is 0 Å². The highest BCUT2D eigenvalue weighted by molar-refractivity contribution is 5.71. The lowest BCUT2D eigenvalue weighted by atomic mass is 10.1. The molecule has 6 heteroatoms. The molecule has 59 heavy (non-hydrogen) atoms. The van der Waals surface area contributed by atoms with E-state index in [-0.39, 0.29) is 31.1 Å². The molecule has 6 nitrogen and oxygen atoms in total. The number of ether oxygens (including phenoxy) is 3. The standard InChI is InChI=1S/C53H88O6/c1-4-7-10-13-16-19-21-23-24-25-26-27-28-30-31-34-37-40-43-46-52(55)58-49-50(48-57-51(54)45-42-39-36-33-18-15-12-9-6-3)59-53(56)47-44-41-38-35-32-29-22-20-17-14-11-8-5-2/h7,10,16,19,23-24,26-27,29-33,36,50H,4-6,8-9,11-15,17-18,20-22,25,28,34-35,37-49H2,1-3H3/b10-7-,19-16-,24-23-,27-26-,31-30-,32-29-,36-33-. The molecule has 1 unspecified atom stereocenters. The van der Waals surface area contributed by atoms with Crippen molar-refractivity contribution < 1.29 is 28.6 Å². The number of hydrogen-bond acceptors (Lipinski definition) is 6. The number of esters is 3. The molecule has 0 aromatic rings. The van der Waals surface area contributed by atoms with Crippen LogP contribution in [0.15, 0.2) is 85.1 Å². The summed E-state index contributed by atoms with van der Waals surface area (Å²) in [5.41, 5.74) is 0. The number of carbonyl (C=O) groups excluding carboxylic acids is 3. The maximum atomic E-state index is 12.7. The van der Waals surface area contributed by atoms with Gasteiger partial charge in [0.05, 0.1) is 0 Å². The zero-order valence-corrected chi connectivity index (χ0v) is 38.2. The van der Waals surface area contributed by atoms with Crippen LogP contribution in [-0.4, -0.2) is 37.2 Å². The van der Waals surface area contributed by atoms with Gasteiger partial charge in [0, 0.05) is 19.3 Å². The molecule has 0 N–H and O–H groups in total. The summed E-state index contributed by atoms with van der Waals surface area (Å²) in [6.45, 7) is 6.39. The van der Waals surface area contributed by atoms with Gasteiger partial charge in [0.15, 0.2) is 6.10 Å². The van der Waals surface area contributed by atoms with Gasteiger partial charge in [-0.15, -0.1) is 0 Å². The van der Waals surface area contributed by atoms with Crippen LogP contribution in [0.1, 0.15) is 213 Å². The molecule has 0 aromatic heterocycles. The predicted molar refractivity (Wildman–Crippen MR) is 251 cm³/mol. The Morgan fingerprint density at radius 2 is 0.678 bits per heavy atom. The molecule has 0 aliphatic rings. The normalized spacial score (nSPS) is 12.8. The van der Waals surface area contributed by atoms with E-state index in [4.69, 9.17) is 14.2 Å². The quantitative estimate of drug-likeness (QED) is 0.0264. The molecule has 1 atom stereocenters. The minimum atomic E-state index is -0.807. The summed E-state index contributed by atoms with van der Waals surface area (Å²) in [4.78, 5) is 37.7. The largest absolute Gasteiger partial charge is 0.462 e. The van der Waals surface area contributed by atoms with Crippen molar-refractivity contribution in [2.45, 2.75) is 219 Å². The molecule has 0 amide bonds. The van der Waals surface area contributed by atoms with Crippen molar-refractivity contribution in [2.75, 3.05) is 13.2 Å². The minimum Gasteiger partial charge on any atom is -0.462 e. The van der Waals surface area contributed by atoms with Crippen LogP contribution in [-0.2, 0) is 28.6 Å². The fourth-order valence-electron chi connectivity index (χ4n) is 6.23. The van der Waals surface area contributed by atoms with Gasteiger partial charge in [-0.25, -0.2) is 0 Å². The topological polar surface area (TPSA) is 78.9 Å². The maximum absolute atomic E-state index is 12.7. The van der Waals surface area contributed by atoms with Crippen LogP contribution in [0.3, 0.4) is 0 Å². The van der Waals surface area contributed by atoms with Crippen LogP contribution in [0.2, 0.25) is 0 Å². The van der Waals surface area contributed by atoms with E-state index >= 15 is 0 Å². The molecule has 0 saturated carbocycles. The summed E-state index contributed by atoms with van der Waals surface area (Å²) in [6.07, 6.45) is 60.1. The van der Waals surface area contributed by atoms with Gasteiger partial charge < -0.3 is 14.2 Å². The van der Waals surface area contributed by atoms with E-state index in [1.807, 2.05) is 0 Å². The molecule has 0 fully saturated rings. The van der Waals surface area contributed by atoms with E-state index in [1.165, 1.54) is 64.2 Å². The molecule has 0 bridgehead atoms. The molecule has 336 valence electrons. The Bertz CT molecular complexity index is 1170. The summed E-state index contributed by atoms with van der Waals surface area (Å²) >= 11 is 0. The highest BCUT2D eigenvalue weighted by Gasteiger charge is 2.19. The van der Waals surface area contributed by atoms with Gasteiger partial charge >= 0.3 is 17.9 Å². The average Bonchev–Trinajstić information content (AvgIpc) is 3.23. The molecular formula is C53H88O6. The van der Waals surface area contributed by atoms with Gasteiger partial charge in [0.25, 0.3) is 0 Å². The van der Waals surface area contributed by atoms with Crippen molar-refractivity contribution in [3.8, 4) is 0 Å². The van der Waals surface area contributed by atoms with Gasteiger partial charge in [0.1, 0.15) is 13.2 Å². The Morgan fingerprint density at radius 3 is 1.14 bits per heavy atom. The third kappa shape index (κ3) is 45.5. The second kappa shape index (κ2) is 47.3. The Kier molecular flexibility index (Phi) is 44.5. The third-order valence-electron chi connectivity index (χ3n) is 9.85. The molecule has 0 saturated heterocycles. The Hall–Kier alpha value is -3.41. The molecule has 0 radical (unpaired) electrons. The number of rotatable bonds is 42. The van der Waals surface area contributed by atoms with E-state index < -0.39 is 6.10 Å². The lowest BCUT2D eigenvalue weighted by Gasteiger charge is -2.18. The van der Waals surface area contributed by atoms with Crippen LogP contribution in [0.5, 0.6) is 0 Å². The fourth-order valence-corrected chi connectivity index (χ4v) is 6.23. The first-order chi connectivity index (χ1) is 29.0. The van der Waals surface area contributed by atoms with E-state index in [0.29, 0.717) is 25.7 Å². The molecule has 0 spiro atoms. The van der Waals surface area contributed by atoms with E-state index in [2.05, 4.69) is 106 Å². The van der Waals surface area contributed by atoms with Gasteiger partial charge in [-0.05, 0) is 109 Å². The Morgan fingerprint density at radius 1 is 0.356 bits per heavy atom. The van der Waals surface area contributed by atoms with E-state index in [1.54, 1.807) is 0 Å². The highest BCUT2D eigenvalue weighted by Crippen LogP contribution is 2.12. The van der Waals surface area contributed by atoms with Crippen molar-refractivity contribution in [1.82, 2.24) is 0 Å². The first-order valence-electron chi connectivity index (χ1n) is 24.1. The highest BCUT2D eigenvalue weighted by atomic mass is 16.6. The average molecular weight is 821 g/mol. The fraction of sp³-hybridized carbons (Fsp3) is 0.679. The predicted octanol–water partition coefficient (Wildman–Crippen LogP) is 15.6. The second-order valence-corrected chi connectivity index (χ2v) is 15.6. The molecule has 0 aromatic carbocycles. The first-order valence-corrected chi connectivity index (χ1v) is 24.1. The summed E-state index contributed by atoms with van der Waals surface area (Å²) in [5, 5.41) is 0. The van der Waals surface area contributed by atoms with Gasteiger partial charge in [-0.3, -0.25) is 14.4 Å².